The van der Waals surface area contributed by atoms with Gasteiger partial charge in [0.1, 0.15) is 6.61 Å². The zero-order valence-corrected chi connectivity index (χ0v) is 11.5. The molecule has 0 bridgehead atoms. The van der Waals surface area contributed by atoms with Crippen LogP contribution in [0.3, 0.4) is 0 Å². The molecule has 1 amide bonds. The van der Waals surface area contributed by atoms with Gasteiger partial charge in [0.15, 0.2) is 0 Å². The topological polar surface area (TPSA) is 38.3 Å². The van der Waals surface area contributed by atoms with Crippen molar-refractivity contribution in [3.05, 3.63) is 35.9 Å². The van der Waals surface area contributed by atoms with E-state index >= 15 is 0 Å². The molecule has 0 aromatic heterocycles. The van der Waals surface area contributed by atoms with Crippen molar-refractivity contribution in [3.63, 3.8) is 0 Å². The first-order chi connectivity index (χ1) is 8.59. The highest BCUT2D eigenvalue weighted by atomic mass is 16.5. The summed E-state index contributed by atoms with van der Waals surface area (Å²) in [6.45, 7) is 6.86. The van der Waals surface area contributed by atoms with Gasteiger partial charge in [-0.2, -0.15) is 0 Å². The van der Waals surface area contributed by atoms with Gasteiger partial charge in [-0.15, -0.1) is 0 Å². The van der Waals surface area contributed by atoms with Crippen molar-refractivity contribution >= 4 is 5.91 Å². The molecule has 0 spiro atoms. The van der Waals surface area contributed by atoms with Crippen molar-refractivity contribution in [2.24, 2.45) is 0 Å². The molecule has 1 aromatic rings. The SMILES string of the molecule is CC(C)OCC(=O)NCCC(C)c1ccccc1. The van der Waals surface area contributed by atoms with Crippen molar-refractivity contribution in [2.45, 2.75) is 39.2 Å². The van der Waals surface area contributed by atoms with E-state index < -0.39 is 0 Å². The Morgan fingerprint density at radius 2 is 1.89 bits per heavy atom. The maximum absolute atomic E-state index is 11.4. The molecule has 0 saturated carbocycles. The number of benzene rings is 1. The van der Waals surface area contributed by atoms with Crippen LogP contribution < -0.4 is 5.32 Å². The third kappa shape index (κ3) is 5.82. The van der Waals surface area contributed by atoms with Crippen molar-refractivity contribution in [3.8, 4) is 0 Å². The van der Waals surface area contributed by atoms with Gasteiger partial charge < -0.3 is 10.1 Å². The maximum Gasteiger partial charge on any atom is 0.246 e. The van der Waals surface area contributed by atoms with Crippen LogP contribution in [0.4, 0.5) is 0 Å². The summed E-state index contributed by atoms with van der Waals surface area (Å²) in [6, 6.07) is 10.3. The highest BCUT2D eigenvalue weighted by Crippen LogP contribution is 2.17. The second-order valence-electron chi connectivity index (χ2n) is 4.81. The third-order valence-electron chi connectivity index (χ3n) is 2.82. The number of amides is 1. The quantitative estimate of drug-likeness (QED) is 0.807. The molecular formula is C15H23NO2. The van der Waals surface area contributed by atoms with Gasteiger partial charge in [0, 0.05) is 6.54 Å². The van der Waals surface area contributed by atoms with Gasteiger partial charge in [-0.3, -0.25) is 4.79 Å². The summed E-state index contributed by atoms with van der Waals surface area (Å²) in [5.41, 5.74) is 1.31. The first-order valence-corrected chi connectivity index (χ1v) is 6.53. The van der Waals surface area contributed by atoms with E-state index in [1.54, 1.807) is 0 Å². The Balaban J connectivity index is 2.19. The van der Waals surface area contributed by atoms with Gasteiger partial charge >= 0.3 is 0 Å². The van der Waals surface area contributed by atoms with Crippen LogP contribution >= 0.6 is 0 Å². The van der Waals surface area contributed by atoms with Gasteiger partial charge in [-0.25, -0.2) is 0 Å². The maximum atomic E-state index is 11.4. The Labute approximate surface area is 110 Å². The average Bonchev–Trinajstić information content (AvgIpc) is 2.37. The molecule has 1 rings (SSSR count). The lowest BCUT2D eigenvalue weighted by atomic mass is 9.98. The fourth-order valence-corrected chi connectivity index (χ4v) is 1.67. The average molecular weight is 249 g/mol. The van der Waals surface area contributed by atoms with E-state index in [2.05, 4.69) is 24.4 Å². The number of hydrogen-bond donors (Lipinski definition) is 1. The lowest BCUT2D eigenvalue weighted by Crippen LogP contribution is -2.30. The Morgan fingerprint density at radius 3 is 2.50 bits per heavy atom. The minimum Gasteiger partial charge on any atom is -0.369 e. The molecule has 0 aliphatic rings. The molecule has 0 saturated heterocycles. The summed E-state index contributed by atoms with van der Waals surface area (Å²) in [5.74, 6) is 0.418. The number of carbonyl (C=O) groups is 1. The standard InChI is InChI=1S/C15H23NO2/c1-12(2)18-11-15(17)16-10-9-13(3)14-7-5-4-6-8-14/h4-8,12-13H,9-11H2,1-3H3,(H,16,17). The Kier molecular flexibility index (Phi) is 6.44. The van der Waals surface area contributed by atoms with E-state index in [0.717, 1.165) is 6.42 Å². The van der Waals surface area contributed by atoms with Gasteiger partial charge in [0.2, 0.25) is 5.91 Å². The molecule has 18 heavy (non-hydrogen) atoms. The molecule has 0 aliphatic carbocycles. The van der Waals surface area contributed by atoms with Crippen molar-refractivity contribution in [1.29, 1.82) is 0 Å². The molecule has 1 unspecified atom stereocenters. The number of ether oxygens (including phenoxy) is 1. The van der Waals surface area contributed by atoms with E-state index in [4.69, 9.17) is 4.74 Å². The predicted molar refractivity (Wildman–Crippen MR) is 73.6 cm³/mol. The van der Waals surface area contributed by atoms with E-state index in [9.17, 15) is 4.79 Å². The normalized spacial score (nSPS) is 12.4. The largest absolute Gasteiger partial charge is 0.369 e. The molecule has 0 heterocycles. The van der Waals surface area contributed by atoms with Crippen LogP contribution in [0.25, 0.3) is 0 Å². The molecule has 100 valence electrons. The van der Waals surface area contributed by atoms with Gasteiger partial charge in [0.25, 0.3) is 0 Å². The highest BCUT2D eigenvalue weighted by Gasteiger charge is 2.06. The molecule has 0 fully saturated rings. The van der Waals surface area contributed by atoms with Crippen molar-refractivity contribution in [1.82, 2.24) is 5.32 Å². The molecule has 3 heteroatoms. The third-order valence-corrected chi connectivity index (χ3v) is 2.82. The van der Waals surface area contributed by atoms with E-state index in [1.165, 1.54) is 5.56 Å². The molecule has 0 aliphatic heterocycles. The molecule has 0 radical (unpaired) electrons. The number of hydrogen-bond acceptors (Lipinski definition) is 2. The summed E-state index contributed by atoms with van der Waals surface area (Å²) in [4.78, 5) is 11.4. The zero-order valence-electron chi connectivity index (χ0n) is 11.5. The van der Waals surface area contributed by atoms with Crippen LogP contribution in [0.5, 0.6) is 0 Å². The Morgan fingerprint density at radius 1 is 1.22 bits per heavy atom. The van der Waals surface area contributed by atoms with Crippen LogP contribution in [-0.4, -0.2) is 25.2 Å². The second-order valence-corrected chi connectivity index (χ2v) is 4.81. The summed E-state index contributed by atoms with van der Waals surface area (Å²) in [7, 11) is 0. The lowest BCUT2D eigenvalue weighted by molar-refractivity contribution is -0.127. The van der Waals surface area contributed by atoms with Crippen LogP contribution in [0.2, 0.25) is 0 Å². The fourth-order valence-electron chi connectivity index (χ4n) is 1.67. The van der Waals surface area contributed by atoms with Crippen molar-refractivity contribution < 1.29 is 9.53 Å². The van der Waals surface area contributed by atoms with Crippen LogP contribution in [0, 0.1) is 0 Å². The number of carbonyl (C=O) groups excluding carboxylic acids is 1. The smallest absolute Gasteiger partial charge is 0.246 e. The van der Waals surface area contributed by atoms with E-state index in [1.807, 2.05) is 32.0 Å². The predicted octanol–water partition coefficient (Wildman–Crippen LogP) is 2.72. The first-order valence-electron chi connectivity index (χ1n) is 6.53. The Hall–Kier alpha value is -1.35. The highest BCUT2D eigenvalue weighted by molar-refractivity contribution is 5.77. The van der Waals surface area contributed by atoms with E-state index in [0.29, 0.717) is 12.5 Å². The monoisotopic (exact) mass is 249 g/mol. The van der Waals surface area contributed by atoms with Crippen molar-refractivity contribution in [2.75, 3.05) is 13.2 Å². The molecule has 1 N–H and O–H groups in total. The minimum atomic E-state index is -0.0380. The van der Waals surface area contributed by atoms with Crippen LogP contribution in [-0.2, 0) is 9.53 Å². The summed E-state index contributed by atoms with van der Waals surface area (Å²) in [5, 5.41) is 2.87. The van der Waals surface area contributed by atoms with E-state index in [-0.39, 0.29) is 18.6 Å². The van der Waals surface area contributed by atoms with Crippen LogP contribution in [0.15, 0.2) is 30.3 Å². The lowest BCUT2D eigenvalue weighted by Gasteiger charge is -2.13. The number of nitrogens with one attached hydrogen (secondary N) is 1. The number of rotatable bonds is 7. The van der Waals surface area contributed by atoms with Gasteiger partial charge in [0.05, 0.1) is 6.10 Å². The van der Waals surface area contributed by atoms with Gasteiger partial charge in [-0.05, 0) is 31.7 Å². The minimum absolute atomic E-state index is 0.0380. The fraction of sp³-hybridized carbons (Fsp3) is 0.533. The summed E-state index contributed by atoms with van der Waals surface area (Å²) >= 11 is 0. The molecular weight excluding hydrogens is 226 g/mol. The molecule has 3 nitrogen and oxygen atoms in total. The molecule has 1 aromatic carbocycles. The van der Waals surface area contributed by atoms with Crippen LogP contribution in [0.1, 0.15) is 38.7 Å². The first kappa shape index (κ1) is 14.7. The zero-order chi connectivity index (χ0) is 13.4. The Bertz CT molecular complexity index is 349. The van der Waals surface area contributed by atoms with Gasteiger partial charge in [-0.1, -0.05) is 37.3 Å². The summed E-state index contributed by atoms with van der Waals surface area (Å²) < 4.78 is 5.23. The molecule has 1 atom stereocenters. The summed E-state index contributed by atoms with van der Waals surface area (Å²) in [6.07, 6.45) is 1.04. The second kappa shape index (κ2) is 7.88.